The number of rotatable bonds is 4. The molecule has 0 aliphatic heterocycles. The quantitative estimate of drug-likeness (QED) is 0.480. The third-order valence-electron chi connectivity index (χ3n) is 2.20. The van der Waals surface area contributed by atoms with Gasteiger partial charge in [-0.2, -0.15) is 13.2 Å². The third-order valence-corrected chi connectivity index (χ3v) is 2.20. The van der Waals surface area contributed by atoms with Crippen LogP contribution in [0.5, 0.6) is 0 Å². The van der Waals surface area contributed by atoms with Crippen LogP contribution in [0.1, 0.15) is 28.4 Å². The van der Waals surface area contributed by atoms with Gasteiger partial charge in [-0.25, -0.2) is 4.79 Å². The highest BCUT2D eigenvalue weighted by molar-refractivity contribution is 5.87. The number of carbonyl (C=O) groups is 2. The number of hydrogen-bond acceptors (Lipinski definition) is 3. The molecule has 1 aromatic carbocycles. The molecule has 1 aromatic rings. The second-order valence-electron chi connectivity index (χ2n) is 3.55. The number of benzene rings is 1. The number of alkyl halides is 3. The van der Waals surface area contributed by atoms with Gasteiger partial charge in [-0.15, -0.1) is 0 Å². The SMILES string of the molecule is CCOC(=O)C=Cc1ccc(C=O)cc1C(F)(F)F. The van der Waals surface area contributed by atoms with Gasteiger partial charge in [0.25, 0.3) is 0 Å². The summed E-state index contributed by atoms with van der Waals surface area (Å²) in [6.07, 6.45) is -2.36. The molecule has 19 heavy (non-hydrogen) atoms. The molecule has 0 radical (unpaired) electrons. The second kappa shape index (κ2) is 6.17. The Kier molecular flexibility index (Phi) is 4.86. The van der Waals surface area contributed by atoms with Crippen molar-refractivity contribution in [1.29, 1.82) is 0 Å². The van der Waals surface area contributed by atoms with Crippen molar-refractivity contribution < 1.29 is 27.5 Å². The Morgan fingerprint density at radius 1 is 1.37 bits per heavy atom. The molecule has 0 bridgehead atoms. The maximum atomic E-state index is 12.8. The van der Waals surface area contributed by atoms with Gasteiger partial charge >= 0.3 is 12.1 Å². The predicted octanol–water partition coefficient (Wildman–Crippen LogP) is 3.09. The lowest BCUT2D eigenvalue weighted by molar-refractivity contribution is -0.138. The molecule has 0 fully saturated rings. The minimum atomic E-state index is -4.60. The molecule has 0 aliphatic carbocycles. The molecule has 1 rings (SSSR count). The van der Waals surface area contributed by atoms with Gasteiger partial charge in [0.15, 0.2) is 0 Å². The molecule has 0 saturated heterocycles. The zero-order valence-corrected chi connectivity index (χ0v) is 10.0. The molecular weight excluding hydrogens is 261 g/mol. The number of carbonyl (C=O) groups excluding carboxylic acids is 2. The molecule has 0 saturated carbocycles. The summed E-state index contributed by atoms with van der Waals surface area (Å²) >= 11 is 0. The molecule has 0 spiro atoms. The van der Waals surface area contributed by atoms with Crippen molar-refractivity contribution in [1.82, 2.24) is 0 Å². The average molecular weight is 272 g/mol. The van der Waals surface area contributed by atoms with Gasteiger partial charge in [0.05, 0.1) is 12.2 Å². The van der Waals surface area contributed by atoms with Crippen molar-refractivity contribution in [3.05, 3.63) is 41.0 Å². The highest BCUT2D eigenvalue weighted by Gasteiger charge is 2.33. The van der Waals surface area contributed by atoms with Crippen molar-refractivity contribution in [2.75, 3.05) is 6.61 Å². The van der Waals surface area contributed by atoms with Crippen molar-refractivity contribution in [3.8, 4) is 0 Å². The summed E-state index contributed by atoms with van der Waals surface area (Å²) in [5.41, 5.74) is -1.26. The van der Waals surface area contributed by atoms with E-state index in [4.69, 9.17) is 0 Å². The Hall–Kier alpha value is -2.11. The van der Waals surface area contributed by atoms with Gasteiger partial charge in [0.1, 0.15) is 6.29 Å². The number of aldehydes is 1. The number of esters is 1. The van der Waals surface area contributed by atoms with Crippen molar-refractivity contribution in [3.63, 3.8) is 0 Å². The molecule has 102 valence electrons. The van der Waals surface area contributed by atoms with E-state index in [1.807, 2.05) is 0 Å². The van der Waals surface area contributed by atoms with Crippen LogP contribution in [0.2, 0.25) is 0 Å². The Balaban J connectivity index is 3.13. The second-order valence-corrected chi connectivity index (χ2v) is 3.55. The number of hydrogen-bond donors (Lipinski definition) is 0. The van der Waals surface area contributed by atoms with Crippen LogP contribution in [0.3, 0.4) is 0 Å². The summed E-state index contributed by atoms with van der Waals surface area (Å²) < 4.78 is 42.9. The molecular formula is C13H11F3O3. The van der Waals surface area contributed by atoms with Crippen LogP contribution in [0.25, 0.3) is 6.08 Å². The highest BCUT2D eigenvalue weighted by atomic mass is 19.4. The first-order chi connectivity index (χ1) is 8.88. The van der Waals surface area contributed by atoms with Crippen molar-refractivity contribution >= 4 is 18.3 Å². The molecule has 3 nitrogen and oxygen atoms in total. The molecule has 0 aromatic heterocycles. The number of halogens is 3. The number of ether oxygens (including phenoxy) is 1. The highest BCUT2D eigenvalue weighted by Crippen LogP contribution is 2.33. The summed E-state index contributed by atoms with van der Waals surface area (Å²) in [5.74, 6) is -0.727. The van der Waals surface area contributed by atoms with Crippen LogP contribution in [0.4, 0.5) is 13.2 Å². The zero-order chi connectivity index (χ0) is 14.5. The van der Waals surface area contributed by atoms with E-state index in [1.54, 1.807) is 6.92 Å². The lowest BCUT2D eigenvalue weighted by Crippen LogP contribution is -2.08. The molecule has 0 atom stereocenters. The van der Waals surface area contributed by atoms with E-state index in [0.717, 1.165) is 24.3 Å². The minimum absolute atomic E-state index is 0.0828. The Morgan fingerprint density at radius 2 is 2.05 bits per heavy atom. The van der Waals surface area contributed by atoms with Gasteiger partial charge in [0, 0.05) is 11.6 Å². The monoisotopic (exact) mass is 272 g/mol. The zero-order valence-electron chi connectivity index (χ0n) is 10.0. The Morgan fingerprint density at radius 3 is 2.58 bits per heavy atom. The maximum Gasteiger partial charge on any atom is 0.417 e. The van der Waals surface area contributed by atoms with Crippen molar-refractivity contribution in [2.24, 2.45) is 0 Å². The predicted molar refractivity (Wildman–Crippen MR) is 62.5 cm³/mol. The van der Waals surface area contributed by atoms with Gasteiger partial charge in [0.2, 0.25) is 0 Å². The molecule has 0 heterocycles. The Bertz CT molecular complexity index is 504. The lowest BCUT2D eigenvalue weighted by atomic mass is 10.0. The fourth-order valence-electron chi connectivity index (χ4n) is 1.39. The fraction of sp³-hybridized carbons (Fsp3) is 0.231. The van der Waals surface area contributed by atoms with Gasteiger partial charge in [-0.05, 0) is 24.6 Å². The van der Waals surface area contributed by atoms with E-state index in [1.165, 1.54) is 6.07 Å². The van der Waals surface area contributed by atoms with Gasteiger partial charge in [-0.3, -0.25) is 4.79 Å². The molecule has 6 heteroatoms. The molecule has 0 N–H and O–H groups in total. The smallest absolute Gasteiger partial charge is 0.417 e. The van der Waals surface area contributed by atoms with E-state index in [-0.39, 0.29) is 17.7 Å². The fourth-order valence-corrected chi connectivity index (χ4v) is 1.39. The van der Waals surface area contributed by atoms with Gasteiger partial charge < -0.3 is 4.74 Å². The standard InChI is InChI=1S/C13H11F3O3/c1-2-19-12(18)6-5-10-4-3-9(8-17)7-11(10)13(14,15)16/h3-8H,2H2,1H3. The summed E-state index contributed by atoms with van der Waals surface area (Å²) in [4.78, 5) is 21.5. The van der Waals surface area contributed by atoms with E-state index >= 15 is 0 Å². The van der Waals surface area contributed by atoms with E-state index < -0.39 is 17.7 Å². The van der Waals surface area contributed by atoms with Crippen LogP contribution < -0.4 is 0 Å². The van der Waals surface area contributed by atoms with Crippen LogP contribution in [0, 0.1) is 0 Å². The first-order valence-corrected chi connectivity index (χ1v) is 5.39. The van der Waals surface area contributed by atoms with E-state index in [0.29, 0.717) is 6.29 Å². The first kappa shape index (κ1) is 14.9. The Labute approximate surface area is 107 Å². The largest absolute Gasteiger partial charge is 0.463 e. The summed E-state index contributed by atoms with van der Waals surface area (Å²) in [6.45, 7) is 1.73. The summed E-state index contributed by atoms with van der Waals surface area (Å²) in [7, 11) is 0. The average Bonchev–Trinajstić information content (AvgIpc) is 2.35. The summed E-state index contributed by atoms with van der Waals surface area (Å²) in [5, 5.41) is 0. The van der Waals surface area contributed by atoms with E-state index in [2.05, 4.69) is 4.74 Å². The van der Waals surface area contributed by atoms with Crippen LogP contribution >= 0.6 is 0 Å². The topological polar surface area (TPSA) is 43.4 Å². The normalized spacial score (nSPS) is 11.6. The molecule has 0 amide bonds. The first-order valence-electron chi connectivity index (χ1n) is 5.39. The third kappa shape index (κ3) is 4.24. The molecule has 0 unspecified atom stereocenters. The molecule has 0 aliphatic rings. The maximum absolute atomic E-state index is 12.8. The van der Waals surface area contributed by atoms with Crippen LogP contribution in [-0.4, -0.2) is 18.9 Å². The lowest BCUT2D eigenvalue weighted by Gasteiger charge is -2.10. The van der Waals surface area contributed by atoms with E-state index in [9.17, 15) is 22.8 Å². The van der Waals surface area contributed by atoms with Gasteiger partial charge in [-0.1, -0.05) is 12.1 Å². The van der Waals surface area contributed by atoms with Crippen LogP contribution in [0.15, 0.2) is 24.3 Å². The summed E-state index contributed by atoms with van der Waals surface area (Å²) in [6, 6.07) is 3.10. The van der Waals surface area contributed by atoms with Crippen molar-refractivity contribution in [2.45, 2.75) is 13.1 Å². The van der Waals surface area contributed by atoms with Crippen LogP contribution in [-0.2, 0) is 15.7 Å². The minimum Gasteiger partial charge on any atom is -0.463 e.